The highest BCUT2D eigenvalue weighted by Gasteiger charge is 2.43. The number of benzene rings is 1. The molecule has 3 rings (SSSR count). The van der Waals surface area contributed by atoms with Crippen molar-refractivity contribution in [2.24, 2.45) is 11.8 Å². The summed E-state index contributed by atoms with van der Waals surface area (Å²) in [7, 11) is 2.31. The fourth-order valence-electron chi connectivity index (χ4n) is 4.79. The van der Waals surface area contributed by atoms with Gasteiger partial charge >= 0.3 is 12.3 Å². The second-order valence-corrected chi connectivity index (χ2v) is 9.43. The minimum atomic E-state index is -1.30. The van der Waals surface area contributed by atoms with E-state index < -0.39 is 31.2 Å². The van der Waals surface area contributed by atoms with Crippen LogP contribution in [0.15, 0.2) is 24.3 Å². The molecule has 1 aliphatic heterocycles. The Labute approximate surface area is 213 Å². The van der Waals surface area contributed by atoms with Crippen LogP contribution in [-0.4, -0.2) is 45.7 Å². The molecule has 9 nitrogen and oxygen atoms in total. The fraction of sp³-hybridized carbons (Fsp3) is 0.704. The van der Waals surface area contributed by atoms with Crippen LogP contribution in [0.3, 0.4) is 0 Å². The number of hydrogen-bond acceptors (Lipinski definition) is 9. The lowest BCUT2D eigenvalue weighted by Crippen LogP contribution is -2.32. The Morgan fingerprint density at radius 2 is 1.33 bits per heavy atom. The zero-order valence-corrected chi connectivity index (χ0v) is 21.6. The van der Waals surface area contributed by atoms with Gasteiger partial charge in [-0.25, -0.2) is 9.59 Å². The van der Waals surface area contributed by atoms with E-state index in [0.717, 1.165) is 38.2 Å². The second kappa shape index (κ2) is 14.9. The molecule has 9 heteroatoms. The number of methoxy groups -OCH3 is 2. The molecular formula is C27H40O9. The number of rotatable bonds is 12. The van der Waals surface area contributed by atoms with Crippen molar-refractivity contribution >= 4 is 12.3 Å². The Bertz CT molecular complexity index is 763. The third-order valence-electron chi connectivity index (χ3n) is 6.86. The average molecular weight is 509 g/mol. The maximum absolute atomic E-state index is 11.5. The van der Waals surface area contributed by atoms with Crippen LogP contribution in [0.2, 0.25) is 0 Å². The summed E-state index contributed by atoms with van der Waals surface area (Å²) in [6, 6.07) is 7.23. The molecule has 0 N–H and O–H groups in total. The molecule has 1 aromatic carbocycles. The molecule has 2 aliphatic rings. The van der Waals surface area contributed by atoms with Crippen LogP contribution in [0.5, 0.6) is 5.75 Å². The molecule has 1 saturated carbocycles. The van der Waals surface area contributed by atoms with Gasteiger partial charge in [0.15, 0.2) is 6.29 Å². The van der Waals surface area contributed by atoms with E-state index >= 15 is 0 Å². The van der Waals surface area contributed by atoms with Crippen LogP contribution >= 0.6 is 0 Å². The summed E-state index contributed by atoms with van der Waals surface area (Å²) in [6.07, 6.45) is 7.71. The first kappa shape index (κ1) is 28.1. The molecule has 0 radical (unpaired) electrons. The van der Waals surface area contributed by atoms with Gasteiger partial charge in [0, 0.05) is 5.56 Å². The third kappa shape index (κ3) is 8.85. The van der Waals surface area contributed by atoms with Gasteiger partial charge in [-0.2, -0.15) is 0 Å². The van der Waals surface area contributed by atoms with Gasteiger partial charge in [-0.15, -0.1) is 0 Å². The summed E-state index contributed by atoms with van der Waals surface area (Å²) in [4.78, 5) is 23.0. The zero-order valence-electron chi connectivity index (χ0n) is 21.6. The monoisotopic (exact) mass is 508 g/mol. The van der Waals surface area contributed by atoms with E-state index in [9.17, 15) is 9.59 Å². The lowest BCUT2D eigenvalue weighted by Gasteiger charge is -2.28. The molecule has 0 aromatic heterocycles. The summed E-state index contributed by atoms with van der Waals surface area (Å²) < 4.78 is 36.0. The summed E-state index contributed by atoms with van der Waals surface area (Å²) >= 11 is 0. The Morgan fingerprint density at radius 3 is 1.83 bits per heavy atom. The predicted molar refractivity (Wildman–Crippen MR) is 130 cm³/mol. The number of ether oxygens (including phenoxy) is 7. The summed E-state index contributed by atoms with van der Waals surface area (Å²) in [5, 5.41) is 0. The zero-order chi connectivity index (χ0) is 25.8. The van der Waals surface area contributed by atoms with Crippen LogP contribution in [-0.2, 0) is 28.4 Å². The molecule has 36 heavy (non-hydrogen) atoms. The van der Waals surface area contributed by atoms with E-state index in [0.29, 0.717) is 12.2 Å². The minimum Gasteiger partial charge on any atom is -0.494 e. The SMILES string of the molecule is CCCCCC1CCC(CCCOc2ccc(C3O[C@H](OC(=O)OC)[C@@H](OC(=O)OC)O3)cc2)CC1. The van der Waals surface area contributed by atoms with Gasteiger partial charge in [0.25, 0.3) is 12.6 Å². The Morgan fingerprint density at radius 1 is 0.806 bits per heavy atom. The van der Waals surface area contributed by atoms with Gasteiger partial charge in [-0.1, -0.05) is 70.4 Å². The number of carbonyl (C=O) groups is 2. The van der Waals surface area contributed by atoms with E-state index in [4.69, 9.17) is 23.7 Å². The van der Waals surface area contributed by atoms with Crippen molar-refractivity contribution in [2.45, 2.75) is 90.0 Å². The lowest BCUT2D eigenvalue weighted by molar-refractivity contribution is -0.156. The van der Waals surface area contributed by atoms with Crippen LogP contribution in [0.4, 0.5) is 9.59 Å². The van der Waals surface area contributed by atoms with Crippen molar-refractivity contribution in [1.29, 1.82) is 0 Å². The van der Waals surface area contributed by atoms with Gasteiger partial charge in [0.1, 0.15) is 5.75 Å². The highest BCUT2D eigenvalue weighted by Crippen LogP contribution is 2.35. The van der Waals surface area contributed by atoms with E-state index in [1.165, 1.54) is 57.8 Å². The maximum Gasteiger partial charge on any atom is 0.510 e. The third-order valence-corrected chi connectivity index (χ3v) is 6.86. The van der Waals surface area contributed by atoms with E-state index in [1.807, 2.05) is 12.1 Å². The molecule has 1 heterocycles. The molecule has 202 valence electrons. The molecule has 1 aliphatic carbocycles. The van der Waals surface area contributed by atoms with Crippen LogP contribution in [0, 0.1) is 11.8 Å². The van der Waals surface area contributed by atoms with Gasteiger partial charge in [-0.3, -0.25) is 0 Å². The number of carbonyl (C=O) groups excluding carboxylic acids is 2. The Kier molecular flexibility index (Phi) is 11.6. The van der Waals surface area contributed by atoms with E-state index in [1.54, 1.807) is 12.1 Å². The van der Waals surface area contributed by atoms with Crippen molar-refractivity contribution in [3.8, 4) is 5.75 Å². The van der Waals surface area contributed by atoms with Gasteiger partial charge in [0.2, 0.25) is 0 Å². The topological polar surface area (TPSA) is 98.8 Å². The summed E-state index contributed by atoms with van der Waals surface area (Å²) in [5.74, 6) is 2.52. The lowest BCUT2D eigenvalue weighted by atomic mass is 9.78. The summed E-state index contributed by atoms with van der Waals surface area (Å²) in [6.45, 7) is 2.95. The second-order valence-electron chi connectivity index (χ2n) is 9.43. The van der Waals surface area contributed by atoms with Crippen LogP contribution in [0.25, 0.3) is 0 Å². The normalized spacial score (nSPS) is 24.2. The maximum atomic E-state index is 11.5. The molecule has 0 spiro atoms. The molecule has 1 saturated heterocycles. The molecule has 2 fully saturated rings. The van der Waals surface area contributed by atoms with Crippen molar-refractivity contribution in [1.82, 2.24) is 0 Å². The number of hydrogen-bond donors (Lipinski definition) is 0. The first-order valence-electron chi connectivity index (χ1n) is 13.0. The van der Waals surface area contributed by atoms with E-state index in [-0.39, 0.29) is 0 Å². The standard InChI is InChI=1S/C27H40O9/c1-4-5-6-8-19-10-12-20(13-11-19)9-7-18-32-22-16-14-21(15-17-22)23-33-24(35-26(28)30-2)25(34-23)36-27(29)31-3/h14-17,19-20,23-25H,4-13,18H2,1-3H3/t19?,20?,24-,25-/m1/s1. The average Bonchev–Trinajstić information content (AvgIpc) is 3.29. The molecule has 2 atom stereocenters. The smallest absolute Gasteiger partial charge is 0.494 e. The van der Waals surface area contributed by atoms with Crippen molar-refractivity contribution in [2.75, 3.05) is 20.8 Å². The number of unbranched alkanes of at least 4 members (excludes halogenated alkanes) is 2. The molecular weight excluding hydrogens is 468 g/mol. The van der Waals surface area contributed by atoms with Crippen LogP contribution in [0.1, 0.15) is 83.0 Å². The highest BCUT2D eigenvalue weighted by molar-refractivity contribution is 5.61. The Balaban J connectivity index is 1.39. The van der Waals surface area contributed by atoms with Crippen molar-refractivity contribution < 1.29 is 42.7 Å². The van der Waals surface area contributed by atoms with Crippen molar-refractivity contribution in [3.63, 3.8) is 0 Å². The molecule has 0 unspecified atom stereocenters. The first-order chi connectivity index (χ1) is 17.5. The quantitative estimate of drug-likeness (QED) is 0.231. The minimum absolute atomic E-state index is 0.646. The van der Waals surface area contributed by atoms with Crippen molar-refractivity contribution in [3.05, 3.63) is 29.8 Å². The summed E-state index contributed by atoms with van der Waals surface area (Å²) in [5.41, 5.74) is 0.646. The Hall–Kier alpha value is -2.52. The molecule has 0 bridgehead atoms. The van der Waals surface area contributed by atoms with Gasteiger partial charge in [0.05, 0.1) is 20.8 Å². The fourth-order valence-corrected chi connectivity index (χ4v) is 4.79. The van der Waals surface area contributed by atoms with Gasteiger partial charge < -0.3 is 33.2 Å². The van der Waals surface area contributed by atoms with Gasteiger partial charge in [-0.05, 0) is 36.8 Å². The van der Waals surface area contributed by atoms with Crippen LogP contribution < -0.4 is 4.74 Å². The molecule has 1 aromatic rings. The largest absolute Gasteiger partial charge is 0.510 e. The highest BCUT2D eigenvalue weighted by atomic mass is 16.9. The van der Waals surface area contributed by atoms with E-state index in [2.05, 4.69) is 16.4 Å². The predicted octanol–water partition coefficient (Wildman–Crippen LogP) is 6.50. The molecule has 0 amide bonds. The first-order valence-corrected chi connectivity index (χ1v) is 13.0.